The fourth-order valence-electron chi connectivity index (χ4n) is 4.95. The van der Waals surface area contributed by atoms with E-state index in [-0.39, 0.29) is 42.4 Å². The summed E-state index contributed by atoms with van der Waals surface area (Å²) in [5, 5.41) is 14.3. The predicted molar refractivity (Wildman–Crippen MR) is 156 cm³/mol. The number of benzene rings is 2. The van der Waals surface area contributed by atoms with Gasteiger partial charge in [0.2, 0.25) is 5.91 Å². The summed E-state index contributed by atoms with van der Waals surface area (Å²) in [6.07, 6.45) is 5.65. The third-order valence-electron chi connectivity index (χ3n) is 7.40. The number of nitrogens with zero attached hydrogens (tertiary/aromatic N) is 5. The highest BCUT2D eigenvalue weighted by atomic mass is 35.5. The van der Waals surface area contributed by atoms with Crippen molar-refractivity contribution in [2.24, 2.45) is 0 Å². The van der Waals surface area contributed by atoms with Gasteiger partial charge in [0.05, 0.1) is 18.1 Å². The summed E-state index contributed by atoms with van der Waals surface area (Å²) in [5.74, 6) is -0.114. The van der Waals surface area contributed by atoms with Crippen molar-refractivity contribution in [3.05, 3.63) is 77.9 Å². The molecule has 0 bridgehead atoms. The number of likely N-dealkylation sites (N-methyl/N-ethyl adjacent to an activating group) is 1. The van der Waals surface area contributed by atoms with Gasteiger partial charge in [-0.05, 0) is 74.8 Å². The summed E-state index contributed by atoms with van der Waals surface area (Å²) in [6, 6.07) is 13.5. The predicted octanol–water partition coefficient (Wildman–Crippen LogP) is 3.05. The van der Waals surface area contributed by atoms with Crippen LogP contribution in [0.3, 0.4) is 0 Å². The lowest BCUT2D eigenvalue weighted by atomic mass is 10.1. The molecule has 9 nitrogen and oxygen atoms in total. The molecule has 2 N–H and O–H groups in total. The van der Waals surface area contributed by atoms with Crippen molar-refractivity contribution >= 4 is 36.6 Å². The van der Waals surface area contributed by atoms with Crippen LogP contribution in [0.2, 0.25) is 0 Å². The molecule has 2 aromatic carbocycles. The molecule has 216 valence electrons. The summed E-state index contributed by atoms with van der Waals surface area (Å²) < 4.78 is 14.8. The second-order valence-corrected chi connectivity index (χ2v) is 10.1. The van der Waals surface area contributed by atoms with Gasteiger partial charge in [0.15, 0.2) is 0 Å². The van der Waals surface area contributed by atoms with Gasteiger partial charge in [0.1, 0.15) is 11.9 Å². The summed E-state index contributed by atoms with van der Waals surface area (Å²) in [4.78, 5) is 30.6. The molecular formula is C28H36Cl2FN7O2. The highest BCUT2D eigenvalue weighted by Gasteiger charge is 2.37. The molecule has 40 heavy (non-hydrogen) atoms. The van der Waals surface area contributed by atoms with Gasteiger partial charge >= 0.3 is 0 Å². The van der Waals surface area contributed by atoms with Crippen LogP contribution in [0.25, 0.3) is 5.69 Å². The van der Waals surface area contributed by atoms with Crippen molar-refractivity contribution in [3.63, 3.8) is 0 Å². The van der Waals surface area contributed by atoms with Gasteiger partial charge in [0.25, 0.3) is 5.91 Å². The average Bonchev–Trinajstić information content (AvgIpc) is 3.49. The molecule has 3 aromatic rings. The van der Waals surface area contributed by atoms with E-state index in [0.717, 1.165) is 43.7 Å². The molecule has 2 fully saturated rings. The van der Waals surface area contributed by atoms with Crippen LogP contribution >= 0.6 is 24.8 Å². The number of carbonyl (C=O) groups is 2. The lowest BCUT2D eigenvalue weighted by Gasteiger charge is -2.34. The molecule has 1 aliphatic carbocycles. The SMILES string of the molecule is CN1CCN(C(=O)C(CCCNC2CC2c2ccc(F)cc2)NC(=O)c2ccc(-n3ccnn3)cc2)CC1.Cl.Cl. The molecule has 2 aliphatic rings. The largest absolute Gasteiger partial charge is 0.340 e. The number of halogens is 3. The molecule has 2 heterocycles. The van der Waals surface area contributed by atoms with Crippen LogP contribution in [0.5, 0.6) is 0 Å². The number of amides is 2. The van der Waals surface area contributed by atoms with Gasteiger partial charge in [0, 0.05) is 43.7 Å². The molecule has 1 aliphatic heterocycles. The van der Waals surface area contributed by atoms with Gasteiger partial charge in [-0.1, -0.05) is 17.3 Å². The second-order valence-electron chi connectivity index (χ2n) is 10.1. The lowest BCUT2D eigenvalue weighted by molar-refractivity contribution is -0.135. The maximum Gasteiger partial charge on any atom is 0.251 e. The van der Waals surface area contributed by atoms with Crippen molar-refractivity contribution in [3.8, 4) is 5.69 Å². The Hall–Kier alpha value is -3.05. The van der Waals surface area contributed by atoms with Gasteiger partial charge in [-0.25, -0.2) is 9.07 Å². The number of hydrogen-bond donors (Lipinski definition) is 2. The van der Waals surface area contributed by atoms with E-state index in [2.05, 4.69) is 25.8 Å². The number of nitrogens with one attached hydrogen (secondary N) is 2. The minimum absolute atomic E-state index is 0. The fraction of sp³-hybridized carbons (Fsp3) is 0.429. The van der Waals surface area contributed by atoms with Crippen LogP contribution in [-0.4, -0.2) is 88.5 Å². The number of aromatic nitrogens is 3. The molecular weight excluding hydrogens is 556 g/mol. The number of carbonyl (C=O) groups excluding carboxylic acids is 2. The first-order valence-electron chi connectivity index (χ1n) is 13.2. The molecule has 0 spiro atoms. The number of piperazine rings is 1. The molecule has 3 unspecified atom stereocenters. The van der Waals surface area contributed by atoms with E-state index in [9.17, 15) is 14.0 Å². The Balaban J connectivity index is 0.00000220. The van der Waals surface area contributed by atoms with Crippen molar-refractivity contribution in [1.82, 2.24) is 35.4 Å². The summed E-state index contributed by atoms with van der Waals surface area (Å²) >= 11 is 0. The molecule has 2 amide bonds. The van der Waals surface area contributed by atoms with Crippen molar-refractivity contribution < 1.29 is 14.0 Å². The van der Waals surface area contributed by atoms with Gasteiger partial charge < -0.3 is 20.4 Å². The number of rotatable bonds is 10. The Morgan fingerprint density at radius 2 is 1.73 bits per heavy atom. The fourth-order valence-corrected chi connectivity index (χ4v) is 4.95. The smallest absolute Gasteiger partial charge is 0.251 e. The maximum atomic E-state index is 13.4. The molecule has 3 atom stereocenters. The Bertz CT molecular complexity index is 1220. The van der Waals surface area contributed by atoms with E-state index < -0.39 is 6.04 Å². The third-order valence-corrected chi connectivity index (χ3v) is 7.40. The van der Waals surface area contributed by atoms with Crippen molar-refractivity contribution in [1.29, 1.82) is 0 Å². The molecule has 0 radical (unpaired) electrons. The first-order chi connectivity index (χ1) is 18.5. The minimum atomic E-state index is -0.588. The monoisotopic (exact) mass is 591 g/mol. The molecule has 12 heteroatoms. The molecule has 1 aromatic heterocycles. The highest BCUT2D eigenvalue weighted by Crippen LogP contribution is 2.40. The Morgan fingerprint density at radius 1 is 1.02 bits per heavy atom. The average molecular weight is 593 g/mol. The highest BCUT2D eigenvalue weighted by molar-refractivity contribution is 5.97. The van der Waals surface area contributed by atoms with E-state index >= 15 is 0 Å². The summed E-state index contributed by atoms with van der Waals surface area (Å²) in [6.45, 7) is 3.72. The van der Waals surface area contributed by atoms with E-state index in [1.54, 1.807) is 41.3 Å². The van der Waals surface area contributed by atoms with Crippen LogP contribution in [0.1, 0.15) is 41.1 Å². The van der Waals surface area contributed by atoms with Crippen molar-refractivity contribution in [2.45, 2.75) is 37.3 Å². The number of hydrogen-bond acceptors (Lipinski definition) is 6. The Morgan fingerprint density at radius 3 is 2.38 bits per heavy atom. The van der Waals surface area contributed by atoms with Gasteiger partial charge in [-0.3, -0.25) is 9.59 Å². The minimum Gasteiger partial charge on any atom is -0.340 e. The van der Waals surface area contributed by atoms with E-state index in [1.165, 1.54) is 12.1 Å². The quantitative estimate of drug-likeness (QED) is 0.352. The zero-order valence-electron chi connectivity index (χ0n) is 22.4. The van der Waals surface area contributed by atoms with Crippen LogP contribution in [-0.2, 0) is 4.79 Å². The summed E-state index contributed by atoms with van der Waals surface area (Å²) in [7, 11) is 2.05. The molecule has 1 saturated carbocycles. The lowest BCUT2D eigenvalue weighted by Crippen LogP contribution is -2.54. The first-order valence-corrected chi connectivity index (χ1v) is 13.2. The van der Waals surface area contributed by atoms with E-state index in [0.29, 0.717) is 37.0 Å². The first kappa shape index (κ1) is 31.5. The zero-order chi connectivity index (χ0) is 26.5. The van der Waals surface area contributed by atoms with Crippen molar-refractivity contribution in [2.75, 3.05) is 39.8 Å². The van der Waals surface area contributed by atoms with Crippen LogP contribution in [0.15, 0.2) is 60.9 Å². The Labute approximate surface area is 246 Å². The van der Waals surface area contributed by atoms with Crippen LogP contribution in [0.4, 0.5) is 4.39 Å². The third kappa shape index (κ3) is 8.00. The van der Waals surface area contributed by atoms with Gasteiger partial charge in [-0.15, -0.1) is 29.9 Å². The topological polar surface area (TPSA) is 95.4 Å². The van der Waals surface area contributed by atoms with Gasteiger partial charge in [-0.2, -0.15) is 0 Å². The second kappa shape index (κ2) is 14.5. The zero-order valence-corrected chi connectivity index (χ0v) is 24.0. The van der Waals surface area contributed by atoms with Crippen LogP contribution < -0.4 is 10.6 Å². The standard InChI is InChI=1S/C28H34FN7O2.2ClH/c1-34-15-17-35(18-16-34)28(38)25(3-2-12-30-26-19-24(26)20-4-8-22(29)9-5-20)32-27(37)21-6-10-23(11-7-21)36-14-13-31-33-36;;/h4-11,13-14,24-26,30H,2-3,12,15-19H2,1H3,(H,32,37);2*1H. The van der Waals surface area contributed by atoms with E-state index in [4.69, 9.17) is 0 Å². The van der Waals surface area contributed by atoms with Crippen LogP contribution in [0, 0.1) is 5.82 Å². The summed E-state index contributed by atoms with van der Waals surface area (Å²) in [5.41, 5.74) is 2.44. The maximum absolute atomic E-state index is 13.4. The molecule has 5 rings (SSSR count). The Kier molecular flexibility index (Phi) is 11.4. The molecule has 1 saturated heterocycles. The normalized spacial score (nSPS) is 19.2. The van der Waals surface area contributed by atoms with E-state index in [1.807, 2.05) is 24.1 Å².